The fourth-order valence-electron chi connectivity index (χ4n) is 4.99. The van der Waals surface area contributed by atoms with Crippen molar-refractivity contribution in [1.82, 2.24) is 4.90 Å². The molecule has 4 heteroatoms. The molecule has 0 N–H and O–H groups in total. The first-order valence-electron chi connectivity index (χ1n) is 12.1. The minimum atomic E-state index is -0.356. The molecule has 0 amide bonds. The molecule has 1 aromatic heterocycles. The van der Waals surface area contributed by atoms with Crippen LogP contribution in [0.4, 0.5) is 0 Å². The largest absolute Gasteiger partial charge is 0.492 e. The highest BCUT2D eigenvalue weighted by Gasteiger charge is 2.44. The van der Waals surface area contributed by atoms with Crippen molar-refractivity contribution in [3.63, 3.8) is 0 Å². The second-order valence-corrected chi connectivity index (χ2v) is 9.00. The number of benzene rings is 2. The molecular weight excluding hydrogens is 398 g/mol. The first kappa shape index (κ1) is 22.6. The molecule has 1 heterocycles. The predicted octanol–water partition coefficient (Wildman–Crippen LogP) is 6.58. The Morgan fingerprint density at radius 2 is 1.81 bits per heavy atom. The molecule has 0 radical (unpaired) electrons. The number of fused-ring (bicyclic) bond motifs is 4. The van der Waals surface area contributed by atoms with Gasteiger partial charge in [0.05, 0.1) is 11.0 Å². The molecule has 0 aliphatic heterocycles. The minimum Gasteiger partial charge on any atom is -0.492 e. The highest BCUT2D eigenvalue weighted by Crippen LogP contribution is 2.48. The predicted molar refractivity (Wildman–Crippen MR) is 130 cm³/mol. The number of nitrogens with zero attached hydrogens (tertiary/aromatic N) is 1. The van der Waals surface area contributed by atoms with Crippen molar-refractivity contribution in [3.8, 4) is 5.75 Å². The van der Waals surface area contributed by atoms with Crippen molar-refractivity contribution < 1.29 is 13.9 Å². The zero-order chi connectivity index (χ0) is 22.7. The molecule has 0 saturated carbocycles. The number of furan rings is 1. The van der Waals surface area contributed by atoms with Crippen LogP contribution in [0.1, 0.15) is 80.6 Å². The molecule has 1 aliphatic carbocycles. The number of hydrogen-bond acceptors (Lipinski definition) is 4. The number of carbonyl (C=O) groups is 1. The number of unbranched alkanes of at least 4 members (excludes halogenated alkanes) is 2. The Morgan fingerprint density at radius 1 is 1.03 bits per heavy atom. The maximum atomic E-state index is 13.6. The third-order valence-corrected chi connectivity index (χ3v) is 7.00. The molecule has 2 aromatic carbocycles. The highest BCUT2D eigenvalue weighted by molar-refractivity contribution is 6.19. The van der Waals surface area contributed by atoms with E-state index >= 15 is 0 Å². The lowest BCUT2D eigenvalue weighted by Crippen LogP contribution is -2.32. The van der Waals surface area contributed by atoms with Crippen LogP contribution in [0.3, 0.4) is 0 Å². The smallest absolute Gasteiger partial charge is 0.197 e. The van der Waals surface area contributed by atoms with Gasteiger partial charge < -0.3 is 14.1 Å². The van der Waals surface area contributed by atoms with Crippen molar-refractivity contribution in [2.45, 2.75) is 58.8 Å². The standard InChI is InChI=1S/C28H35NO3/c1-5-8-11-16-28(4)23-19-20(31-18-17-29(6-2)7-3)14-15-21(23)26(30)25-22-12-9-10-13-24(22)32-27(25)28/h9-10,12-15,19H,5-8,11,16-18H2,1-4H3. The van der Waals surface area contributed by atoms with Crippen LogP contribution in [0.2, 0.25) is 0 Å². The number of rotatable bonds is 10. The molecule has 4 nitrogen and oxygen atoms in total. The molecule has 170 valence electrons. The van der Waals surface area contributed by atoms with Crippen molar-refractivity contribution in [2.75, 3.05) is 26.2 Å². The van der Waals surface area contributed by atoms with E-state index < -0.39 is 0 Å². The SMILES string of the molecule is CCCCCC1(C)c2cc(OCCN(CC)CC)ccc2C(=O)c2c1oc1ccccc21. The van der Waals surface area contributed by atoms with Gasteiger partial charge in [0.25, 0.3) is 0 Å². The van der Waals surface area contributed by atoms with Crippen LogP contribution >= 0.6 is 0 Å². The second kappa shape index (κ2) is 9.50. The maximum absolute atomic E-state index is 13.6. The van der Waals surface area contributed by atoms with Crippen LogP contribution in [0.25, 0.3) is 11.0 Å². The van der Waals surface area contributed by atoms with E-state index in [9.17, 15) is 4.79 Å². The molecule has 3 aromatic rings. The van der Waals surface area contributed by atoms with Gasteiger partial charge in [0, 0.05) is 17.5 Å². The number of para-hydroxylation sites is 1. The number of ketones is 1. The molecule has 0 bridgehead atoms. The van der Waals surface area contributed by atoms with E-state index in [0.29, 0.717) is 6.61 Å². The van der Waals surface area contributed by atoms with Gasteiger partial charge in [-0.05, 0) is 56.3 Å². The third-order valence-electron chi connectivity index (χ3n) is 7.00. The zero-order valence-corrected chi connectivity index (χ0v) is 19.9. The van der Waals surface area contributed by atoms with Crippen LogP contribution in [0.15, 0.2) is 46.9 Å². The Labute approximate surface area is 191 Å². The van der Waals surface area contributed by atoms with Crippen molar-refractivity contribution in [2.24, 2.45) is 0 Å². The first-order valence-corrected chi connectivity index (χ1v) is 12.1. The Balaban J connectivity index is 1.73. The third kappa shape index (κ3) is 3.97. The molecule has 1 unspecified atom stereocenters. The minimum absolute atomic E-state index is 0.0580. The number of hydrogen-bond donors (Lipinski definition) is 0. The zero-order valence-electron chi connectivity index (χ0n) is 19.9. The topological polar surface area (TPSA) is 42.7 Å². The van der Waals surface area contributed by atoms with Crippen molar-refractivity contribution in [1.29, 1.82) is 0 Å². The van der Waals surface area contributed by atoms with Crippen molar-refractivity contribution >= 4 is 16.8 Å². The van der Waals surface area contributed by atoms with Crippen LogP contribution in [-0.4, -0.2) is 36.9 Å². The summed E-state index contributed by atoms with van der Waals surface area (Å²) in [6.07, 6.45) is 4.35. The van der Waals surface area contributed by atoms with Gasteiger partial charge in [-0.25, -0.2) is 0 Å². The molecule has 1 atom stereocenters. The lowest BCUT2D eigenvalue weighted by Gasteiger charge is -2.34. The first-order chi connectivity index (χ1) is 15.5. The van der Waals surface area contributed by atoms with Crippen LogP contribution in [0.5, 0.6) is 5.75 Å². The Morgan fingerprint density at radius 3 is 2.56 bits per heavy atom. The van der Waals surface area contributed by atoms with Gasteiger partial charge in [-0.15, -0.1) is 0 Å². The Kier molecular flexibility index (Phi) is 6.71. The number of likely N-dealkylation sites (N-methyl/N-ethyl adjacent to an activating group) is 1. The van der Waals surface area contributed by atoms with E-state index in [4.69, 9.17) is 9.15 Å². The summed E-state index contributed by atoms with van der Waals surface area (Å²) in [5.41, 5.74) is 2.98. The van der Waals surface area contributed by atoms with E-state index in [1.54, 1.807) is 0 Å². The molecule has 1 aliphatic rings. The summed E-state index contributed by atoms with van der Waals surface area (Å²) in [5.74, 6) is 1.69. The van der Waals surface area contributed by atoms with Gasteiger partial charge in [-0.3, -0.25) is 4.79 Å². The van der Waals surface area contributed by atoms with Gasteiger partial charge in [0.1, 0.15) is 23.7 Å². The molecule has 0 saturated heterocycles. The quantitative estimate of drug-likeness (QED) is 0.339. The molecule has 0 spiro atoms. The van der Waals surface area contributed by atoms with Crippen molar-refractivity contribution in [3.05, 3.63) is 64.9 Å². The summed E-state index contributed by atoms with van der Waals surface area (Å²) in [5, 5.41) is 0.916. The Bertz CT molecular complexity index is 1100. The van der Waals surface area contributed by atoms with E-state index in [2.05, 4.69) is 38.7 Å². The monoisotopic (exact) mass is 433 g/mol. The summed E-state index contributed by atoms with van der Waals surface area (Å²) in [6, 6.07) is 13.9. The summed E-state index contributed by atoms with van der Waals surface area (Å²) in [6.45, 7) is 12.3. The molecule has 4 rings (SSSR count). The summed E-state index contributed by atoms with van der Waals surface area (Å²) >= 11 is 0. The van der Waals surface area contributed by atoms with Gasteiger partial charge in [-0.2, -0.15) is 0 Å². The highest BCUT2D eigenvalue weighted by atomic mass is 16.5. The average Bonchev–Trinajstić information content (AvgIpc) is 3.21. The summed E-state index contributed by atoms with van der Waals surface area (Å²) in [7, 11) is 0. The van der Waals surface area contributed by atoms with E-state index in [1.807, 2.05) is 36.4 Å². The van der Waals surface area contributed by atoms with Crippen LogP contribution < -0.4 is 4.74 Å². The van der Waals surface area contributed by atoms with Gasteiger partial charge in [0.15, 0.2) is 5.78 Å². The summed E-state index contributed by atoms with van der Waals surface area (Å²) in [4.78, 5) is 15.9. The maximum Gasteiger partial charge on any atom is 0.197 e. The van der Waals surface area contributed by atoms with E-state index in [-0.39, 0.29) is 11.2 Å². The molecule has 32 heavy (non-hydrogen) atoms. The van der Waals surface area contributed by atoms with Gasteiger partial charge in [-0.1, -0.05) is 58.2 Å². The Hall–Kier alpha value is -2.59. The van der Waals surface area contributed by atoms with E-state index in [1.165, 1.54) is 0 Å². The number of carbonyl (C=O) groups excluding carboxylic acids is 1. The normalized spacial score (nSPS) is 17.6. The lowest BCUT2D eigenvalue weighted by atomic mass is 9.68. The van der Waals surface area contributed by atoms with Crippen LogP contribution in [-0.2, 0) is 5.41 Å². The second-order valence-electron chi connectivity index (χ2n) is 9.00. The molecular formula is C28H35NO3. The fourth-order valence-corrected chi connectivity index (χ4v) is 4.99. The van der Waals surface area contributed by atoms with Gasteiger partial charge >= 0.3 is 0 Å². The summed E-state index contributed by atoms with van der Waals surface area (Å²) < 4.78 is 12.5. The fraction of sp³-hybridized carbons (Fsp3) is 0.464. The van der Waals surface area contributed by atoms with Gasteiger partial charge in [0.2, 0.25) is 0 Å². The van der Waals surface area contributed by atoms with Crippen LogP contribution in [0, 0.1) is 0 Å². The number of ether oxygens (including phenoxy) is 1. The lowest BCUT2D eigenvalue weighted by molar-refractivity contribution is 0.102. The molecule has 0 fully saturated rings. The average molecular weight is 434 g/mol. The van der Waals surface area contributed by atoms with E-state index in [0.717, 1.165) is 84.5 Å².